The molecule has 0 saturated carbocycles. The van der Waals surface area contributed by atoms with Gasteiger partial charge in [-0.3, -0.25) is 9.36 Å². The van der Waals surface area contributed by atoms with Crippen LogP contribution < -0.4 is 19.6 Å². The molecule has 7 nitrogen and oxygen atoms in total. The van der Waals surface area contributed by atoms with Gasteiger partial charge in [0.15, 0.2) is 16.3 Å². The Kier molecular flexibility index (Phi) is 6.15. The normalized spacial score (nSPS) is 15.8. The lowest BCUT2D eigenvalue weighted by Gasteiger charge is -2.24. The molecule has 3 aromatic rings. The fourth-order valence-corrected chi connectivity index (χ4v) is 4.73. The maximum Gasteiger partial charge on any atom is 0.338 e. The number of hydrogen-bond acceptors (Lipinski definition) is 7. The Hall–Kier alpha value is -3.72. The van der Waals surface area contributed by atoms with Crippen molar-refractivity contribution in [1.82, 2.24) is 4.57 Å². The Balaban J connectivity index is 1.94. The molecule has 1 aliphatic rings. The average molecular weight is 469 g/mol. The number of halogens is 1. The molecular formula is C24H21FN2O5S. The third-order valence-corrected chi connectivity index (χ3v) is 6.19. The largest absolute Gasteiger partial charge is 0.504 e. The molecule has 0 saturated heterocycles. The molecule has 0 bridgehead atoms. The second-order valence-electron chi connectivity index (χ2n) is 7.29. The lowest BCUT2D eigenvalue weighted by molar-refractivity contribution is -0.139. The van der Waals surface area contributed by atoms with E-state index in [-0.39, 0.29) is 29.2 Å². The van der Waals surface area contributed by atoms with Gasteiger partial charge in [-0.25, -0.2) is 14.2 Å². The maximum atomic E-state index is 13.6. The van der Waals surface area contributed by atoms with Crippen molar-refractivity contribution in [2.45, 2.75) is 19.9 Å². The number of allylic oxidation sites excluding steroid dienone is 1. The molecule has 1 aromatic heterocycles. The molecule has 0 spiro atoms. The molecule has 170 valence electrons. The summed E-state index contributed by atoms with van der Waals surface area (Å²) in [4.78, 5) is 31.2. The van der Waals surface area contributed by atoms with E-state index in [1.54, 1.807) is 44.2 Å². The highest BCUT2D eigenvalue weighted by Gasteiger charge is 2.33. The number of methoxy groups -OCH3 is 1. The number of ether oxygens (including phenoxy) is 2. The van der Waals surface area contributed by atoms with Crippen LogP contribution in [0.15, 0.2) is 63.5 Å². The molecule has 2 aromatic carbocycles. The lowest BCUT2D eigenvalue weighted by atomic mass is 9.96. The van der Waals surface area contributed by atoms with Crippen LogP contribution in [0, 0.1) is 5.82 Å². The summed E-state index contributed by atoms with van der Waals surface area (Å²) in [7, 11) is 1.44. The summed E-state index contributed by atoms with van der Waals surface area (Å²) in [6.45, 7) is 3.55. The molecule has 1 unspecified atom stereocenters. The summed E-state index contributed by atoms with van der Waals surface area (Å²) in [5, 5.41) is 9.83. The molecule has 0 radical (unpaired) electrons. The average Bonchev–Trinajstić information content (AvgIpc) is 3.09. The second kappa shape index (κ2) is 9.03. The zero-order valence-electron chi connectivity index (χ0n) is 18.2. The van der Waals surface area contributed by atoms with Gasteiger partial charge in [-0.1, -0.05) is 29.5 Å². The van der Waals surface area contributed by atoms with E-state index in [1.165, 1.54) is 41.2 Å². The maximum absolute atomic E-state index is 13.6. The standard InChI is InChI=1S/C24H21FN2O5S/c1-4-32-23(30)20-13(2)26-24-27(21(20)15-6-8-16(25)9-7-15)22(29)19(33-24)12-14-5-10-17(28)18(11-14)31-3/h5-12,21,28H,4H2,1-3H3/b19-12-. The first kappa shape index (κ1) is 22.5. The van der Waals surface area contributed by atoms with Crippen molar-refractivity contribution in [2.24, 2.45) is 4.99 Å². The molecule has 0 fully saturated rings. The summed E-state index contributed by atoms with van der Waals surface area (Å²) in [6.07, 6.45) is 1.66. The van der Waals surface area contributed by atoms with E-state index in [0.717, 1.165) is 0 Å². The number of aromatic hydroxyl groups is 1. The van der Waals surface area contributed by atoms with Crippen LogP contribution in [0.3, 0.4) is 0 Å². The second-order valence-corrected chi connectivity index (χ2v) is 8.29. The summed E-state index contributed by atoms with van der Waals surface area (Å²) in [5.74, 6) is -0.736. The molecule has 1 aliphatic heterocycles. The Morgan fingerprint density at radius 1 is 1.27 bits per heavy atom. The summed E-state index contributed by atoms with van der Waals surface area (Å²) in [5.41, 5.74) is 1.52. The number of nitrogens with zero attached hydrogens (tertiary/aromatic N) is 2. The third-order valence-electron chi connectivity index (χ3n) is 5.20. The zero-order valence-corrected chi connectivity index (χ0v) is 19.0. The van der Waals surface area contributed by atoms with Crippen molar-refractivity contribution in [3.05, 3.63) is 90.4 Å². The quantitative estimate of drug-likeness (QED) is 0.582. The SMILES string of the molecule is CCOC(=O)C1=C(C)N=c2s/c(=C\c3ccc(O)c(OC)c3)c(=O)n2C1c1ccc(F)cc1. The first-order valence-electron chi connectivity index (χ1n) is 10.2. The first-order chi connectivity index (χ1) is 15.8. The van der Waals surface area contributed by atoms with Crippen molar-refractivity contribution in [2.75, 3.05) is 13.7 Å². The van der Waals surface area contributed by atoms with Gasteiger partial charge in [0.2, 0.25) is 0 Å². The number of carbonyl (C=O) groups is 1. The topological polar surface area (TPSA) is 90.1 Å². The van der Waals surface area contributed by atoms with E-state index in [1.807, 2.05) is 0 Å². The summed E-state index contributed by atoms with van der Waals surface area (Å²) >= 11 is 1.17. The summed E-state index contributed by atoms with van der Waals surface area (Å²) in [6, 6.07) is 9.59. The number of rotatable bonds is 5. The first-order valence-corrected chi connectivity index (χ1v) is 11.0. The smallest absolute Gasteiger partial charge is 0.338 e. The lowest BCUT2D eigenvalue weighted by Crippen LogP contribution is -2.39. The monoisotopic (exact) mass is 468 g/mol. The highest BCUT2D eigenvalue weighted by Crippen LogP contribution is 2.31. The van der Waals surface area contributed by atoms with Gasteiger partial charge in [0, 0.05) is 0 Å². The van der Waals surface area contributed by atoms with Gasteiger partial charge in [0.05, 0.1) is 35.6 Å². The third kappa shape index (κ3) is 4.19. The Bertz CT molecular complexity index is 1440. The molecule has 0 amide bonds. The number of esters is 1. The number of carbonyl (C=O) groups excluding carboxylic acids is 1. The minimum atomic E-state index is -0.808. The predicted octanol–water partition coefficient (Wildman–Crippen LogP) is 2.65. The molecule has 9 heteroatoms. The fourth-order valence-electron chi connectivity index (χ4n) is 3.69. The number of fused-ring (bicyclic) bond motifs is 1. The van der Waals surface area contributed by atoms with E-state index >= 15 is 0 Å². The predicted molar refractivity (Wildman–Crippen MR) is 121 cm³/mol. The highest BCUT2D eigenvalue weighted by molar-refractivity contribution is 7.07. The number of hydrogen-bond donors (Lipinski definition) is 1. The van der Waals surface area contributed by atoms with Crippen molar-refractivity contribution in [3.8, 4) is 11.5 Å². The molecule has 4 rings (SSSR count). The van der Waals surface area contributed by atoms with Crippen molar-refractivity contribution in [3.63, 3.8) is 0 Å². The van der Waals surface area contributed by atoms with Gasteiger partial charge in [-0.05, 0) is 55.3 Å². The van der Waals surface area contributed by atoms with Crippen LogP contribution in [0.2, 0.25) is 0 Å². The van der Waals surface area contributed by atoms with Gasteiger partial charge >= 0.3 is 5.97 Å². The zero-order chi connectivity index (χ0) is 23.7. The van der Waals surface area contributed by atoms with Gasteiger partial charge in [-0.15, -0.1) is 0 Å². The van der Waals surface area contributed by atoms with Crippen LogP contribution in [0.1, 0.15) is 31.0 Å². The molecular weight excluding hydrogens is 447 g/mol. The number of thiazole rings is 1. The highest BCUT2D eigenvalue weighted by atomic mass is 32.1. The van der Waals surface area contributed by atoms with Crippen LogP contribution in [0.25, 0.3) is 6.08 Å². The number of benzene rings is 2. The fraction of sp³-hybridized carbons (Fsp3) is 0.208. The van der Waals surface area contributed by atoms with E-state index < -0.39 is 17.8 Å². The van der Waals surface area contributed by atoms with Gasteiger partial charge in [0.25, 0.3) is 5.56 Å². The van der Waals surface area contributed by atoms with Crippen molar-refractivity contribution in [1.29, 1.82) is 0 Å². The minimum Gasteiger partial charge on any atom is -0.504 e. The van der Waals surface area contributed by atoms with E-state index in [4.69, 9.17) is 9.47 Å². The number of phenolic OH excluding ortho intramolecular Hbond substituents is 1. The van der Waals surface area contributed by atoms with Crippen LogP contribution in [-0.2, 0) is 9.53 Å². The van der Waals surface area contributed by atoms with Crippen LogP contribution in [0.5, 0.6) is 11.5 Å². The van der Waals surface area contributed by atoms with Crippen LogP contribution in [-0.4, -0.2) is 29.4 Å². The van der Waals surface area contributed by atoms with E-state index in [0.29, 0.717) is 26.2 Å². The number of phenols is 1. The van der Waals surface area contributed by atoms with Crippen LogP contribution >= 0.6 is 11.3 Å². The molecule has 33 heavy (non-hydrogen) atoms. The Labute approximate surface area is 192 Å². The Morgan fingerprint density at radius 3 is 2.67 bits per heavy atom. The summed E-state index contributed by atoms with van der Waals surface area (Å²) < 4.78 is 25.8. The van der Waals surface area contributed by atoms with Crippen LogP contribution in [0.4, 0.5) is 4.39 Å². The van der Waals surface area contributed by atoms with Gasteiger partial charge in [0.1, 0.15) is 5.82 Å². The van der Waals surface area contributed by atoms with E-state index in [9.17, 15) is 19.1 Å². The molecule has 1 atom stereocenters. The number of aromatic nitrogens is 1. The van der Waals surface area contributed by atoms with Gasteiger partial charge in [-0.2, -0.15) is 0 Å². The van der Waals surface area contributed by atoms with Crippen molar-refractivity contribution < 1.29 is 23.8 Å². The van der Waals surface area contributed by atoms with E-state index in [2.05, 4.69) is 4.99 Å². The minimum absolute atomic E-state index is 0.0119. The molecule has 0 aliphatic carbocycles. The molecule has 2 heterocycles. The Morgan fingerprint density at radius 2 is 2.00 bits per heavy atom. The van der Waals surface area contributed by atoms with Crippen molar-refractivity contribution >= 4 is 23.4 Å². The van der Waals surface area contributed by atoms with Gasteiger partial charge < -0.3 is 14.6 Å². The molecule has 1 N–H and O–H groups in total.